The van der Waals surface area contributed by atoms with Gasteiger partial charge >= 0.3 is 0 Å². The lowest BCUT2D eigenvalue weighted by atomic mass is 10.2. The molecule has 2 nitrogen and oxygen atoms in total. The molecule has 0 atom stereocenters. The van der Waals surface area contributed by atoms with Crippen molar-refractivity contribution in [3.8, 4) is 0 Å². The second-order valence-corrected chi connectivity index (χ2v) is 2.83. The molecule has 1 rings (SSSR count). The molecule has 0 spiro atoms. The second kappa shape index (κ2) is 5.79. The molecule has 1 heterocycles. The van der Waals surface area contributed by atoms with Crippen LogP contribution in [0.15, 0.2) is 0 Å². The average molecular weight is 182 g/mol. The molecule has 0 saturated heterocycles. The van der Waals surface area contributed by atoms with Crippen molar-refractivity contribution in [2.24, 2.45) is 0 Å². The highest BCUT2D eigenvalue weighted by atomic mass is 15.3. The summed E-state index contributed by atoms with van der Waals surface area (Å²) < 4.78 is 2.06. The Labute approximate surface area is 82.0 Å². The normalized spacial score (nSPS) is 9.38. The van der Waals surface area contributed by atoms with Crippen molar-refractivity contribution in [3.05, 3.63) is 17.0 Å². The van der Waals surface area contributed by atoms with Crippen LogP contribution in [0.4, 0.5) is 0 Å². The summed E-state index contributed by atoms with van der Waals surface area (Å²) >= 11 is 0. The molecule has 1 aromatic heterocycles. The highest BCUT2D eigenvalue weighted by Gasteiger charge is 2.06. The Bertz CT molecular complexity index is 224. The highest BCUT2D eigenvalue weighted by Crippen LogP contribution is 2.11. The van der Waals surface area contributed by atoms with E-state index in [2.05, 4.69) is 37.5 Å². The molecule has 0 aliphatic heterocycles. The number of hydrogen-bond donors (Lipinski definition) is 0. The molecule has 0 radical (unpaired) electrons. The van der Waals surface area contributed by atoms with Crippen LogP contribution in [0.3, 0.4) is 0 Å². The summed E-state index contributed by atoms with van der Waals surface area (Å²) in [4.78, 5) is 0. The maximum Gasteiger partial charge on any atom is 0.0653 e. The fourth-order valence-electron chi connectivity index (χ4n) is 1.34. The van der Waals surface area contributed by atoms with E-state index in [0.29, 0.717) is 0 Å². The van der Waals surface area contributed by atoms with Crippen molar-refractivity contribution in [2.45, 2.75) is 54.5 Å². The van der Waals surface area contributed by atoms with E-state index in [0.717, 1.165) is 13.0 Å². The van der Waals surface area contributed by atoms with Crippen molar-refractivity contribution in [2.75, 3.05) is 0 Å². The molecule has 0 aromatic carbocycles. The first-order valence-corrected chi connectivity index (χ1v) is 5.23. The summed E-state index contributed by atoms with van der Waals surface area (Å²) in [5.41, 5.74) is 3.91. The predicted molar refractivity (Wildman–Crippen MR) is 58.1 cm³/mol. The summed E-state index contributed by atoms with van der Waals surface area (Å²) in [6, 6.07) is 0. The van der Waals surface area contributed by atoms with Crippen molar-refractivity contribution in [1.82, 2.24) is 9.78 Å². The Balaban J connectivity index is 0.000000671. The van der Waals surface area contributed by atoms with E-state index in [1.807, 2.05) is 13.8 Å². The van der Waals surface area contributed by atoms with Crippen LogP contribution in [0, 0.1) is 13.8 Å². The van der Waals surface area contributed by atoms with Gasteiger partial charge in [0.2, 0.25) is 0 Å². The van der Waals surface area contributed by atoms with E-state index >= 15 is 0 Å². The van der Waals surface area contributed by atoms with Crippen molar-refractivity contribution in [1.29, 1.82) is 0 Å². The second-order valence-electron chi connectivity index (χ2n) is 2.83. The van der Waals surface area contributed by atoms with Crippen LogP contribution in [0.1, 0.15) is 44.6 Å². The van der Waals surface area contributed by atoms with Crippen LogP contribution in [-0.4, -0.2) is 9.78 Å². The van der Waals surface area contributed by atoms with Gasteiger partial charge < -0.3 is 0 Å². The van der Waals surface area contributed by atoms with Crippen LogP contribution >= 0.6 is 0 Å². The Morgan fingerprint density at radius 2 is 1.69 bits per heavy atom. The molecule has 0 aliphatic rings. The van der Waals surface area contributed by atoms with Gasteiger partial charge in [-0.2, -0.15) is 5.10 Å². The summed E-state index contributed by atoms with van der Waals surface area (Å²) in [7, 11) is 0. The standard InChI is InChI=1S/C9H16N2.C2H6/c1-5-9-7(3)8(4)11(6-2)10-9;1-2/h5-6H2,1-4H3;1-2H3. The molecule has 0 bridgehead atoms. The summed E-state index contributed by atoms with van der Waals surface area (Å²) in [6.45, 7) is 13.5. The van der Waals surface area contributed by atoms with Crippen LogP contribution in [-0.2, 0) is 13.0 Å². The van der Waals surface area contributed by atoms with Crippen LogP contribution in [0.25, 0.3) is 0 Å². The predicted octanol–water partition coefficient (Wildman–Crippen LogP) is 3.11. The maximum atomic E-state index is 4.46. The lowest BCUT2D eigenvalue weighted by Gasteiger charge is -1.96. The molecule has 0 aliphatic carbocycles. The van der Waals surface area contributed by atoms with Gasteiger partial charge in [0.15, 0.2) is 0 Å². The number of aryl methyl sites for hydroxylation is 2. The molecule has 0 unspecified atom stereocenters. The number of rotatable bonds is 2. The smallest absolute Gasteiger partial charge is 0.0653 e. The van der Waals surface area contributed by atoms with E-state index in [1.165, 1.54) is 17.0 Å². The van der Waals surface area contributed by atoms with E-state index in [-0.39, 0.29) is 0 Å². The minimum absolute atomic E-state index is 0.979. The van der Waals surface area contributed by atoms with Crippen LogP contribution < -0.4 is 0 Å². The van der Waals surface area contributed by atoms with E-state index in [9.17, 15) is 0 Å². The monoisotopic (exact) mass is 182 g/mol. The SMILES string of the molecule is CC.CCc1nn(CC)c(C)c1C. The highest BCUT2D eigenvalue weighted by molar-refractivity contribution is 5.23. The minimum atomic E-state index is 0.979. The van der Waals surface area contributed by atoms with Gasteiger partial charge in [-0.1, -0.05) is 20.8 Å². The van der Waals surface area contributed by atoms with Crippen molar-refractivity contribution < 1.29 is 0 Å². The largest absolute Gasteiger partial charge is 0.270 e. The molecule has 0 saturated carbocycles. The third-order valence-electron chi connectivity index (χ3n) is 2.24. The molecule has 1 aromatic rings. The zero-order valence-electron chi connectivity index (χ0n) is 9.81. The molecule has 0 amide bonds. The van der Waals surface area contributed by atoms with Gasteiger partial charge in [0.05, 0.1) is 5.69 Å². The van der Waals surface area contributed by atoms with E-state index in [1.54, 1.807) is 0 Å². The Kier molecular flexibility index (Phi) is 5.44. The van der Waals surface area contributed by atoms with Gasteiger partial charge in [-0.05, 0) is 32.8 Å². The third kappa shape index (κ3) is 2.58. The van der Waals surface area contributed by atoms with Gasteiger partial charge in [0.25, 0.3) is 0 Å². The lowest BCUT2D eigenvalue weighted by molar-refractivity contribution is 0.630. The zero-order chi connectivity index (χ0) is 10.4. The van der Waals surface area contributed by atoms with Crippen LogP contribution in [0.2, 0.25) is 0 Å². The van der Waals surface area contributed by atoms with Crippen molar-refractivity contribution in [3.63, 3.8) is 0 Å². The molecule has 2 heteroatoms. The summed E-state index contributed by atoms with van der Waals surface area (Å²) in [5.74, 6) is 0. The molecular formula is C11H22N2. The first kappa shape index (κ1) is 12.2. The number of hydrogen-bond acceptors (Lipinski definition) is 1. The average Bonchev–Trinajstić information content (AvgIpc) is 2.47. The Morgan fingerprint density at radius 1 is 1.15 bits per heavy atom. The first-order chi connectivity index (χ1) is 6.20. The van der Waals surface area contributed by atoms with E-state index in [4.69, 9.17) is 0 Å². The van der Waals surface area contributed by atoms with Crippen molar-refractivity contribution >= 4 is 0 Å². The fraction of sp³-hybridized carbons (Fsp3) is 0.727. The topological polar surface area (TPSA) is 17.8 Å². The van der Waals surface area contributed by atoms with Gasteiger partial charge in [0.1, 0.15) is 0 Å². The fourth-order valence-corrected chi connectivity index (χ4v) is 1.34. The third-order valence-corrected chi connectivity index (χ3v) is 2.24. The Hall–Kier alpha value is -0.790. The zero-order valence-corrected chi connectivity index (χ0v) is 9.81. The van der Waals surface area contributed by atoms with Gasteiger partial charge in [-0.3, -0.25) is 4.68 Å². The van der Waals surface area contributed by atoms with Crippen LogP contribution in [0.5, 0.6) is 0 Å². The quantitative estimate of drug-likeness (QED) is 0.687. The van der Waals surface area contributed by atoms with Gasteiger partial charge in [-0.15, -0.1) is 0 Å². The number of aromatic nitrogens is 2. The Morgan fingerprint density at radius 3 is 1.92 bits per heavy atom. The summed E-state index contributed by atoms with van der Waals surface area (Å²) in [5, 5.41) is 4.46. The molecule has 13 heavy (non-hydrogen) atoms. The van der Waals surface area contributed by atoms with E-state index < -0.39 is 0 Å². The molecular weight excluding hydrogens is 160 g/mol. The minimum Gasteiger partial charge on any atom is -0.270 e. The summed E-state index contributed by atoms with van der Waals surface area (Å²) in [6.07, 6.45) is 1.04. The first-order valence-electron chi connectivity index (χ1n) is 5.23. The molecule has 76 valence electrons. The van der Waals surface area contributed by atoms with Gasteiger partial charge in [-0.25, -0.2) is 0 Å². The molecule has 0 fully saturated rings. The lowest BCUT2D eigenvalue weighted by Crippen LogP contribution is -1.98. The number of nitrogens with zero attached hydrogens (tertiary/aromatic N) is 2. The van der Waals surface area contributed by atoms with Gasteiger partial charge in [0, 0.05) is 12.2 Å². The molecule has 0 N–H and O–H groups in total. The maximum absolute atomic E-state index is 4.46.